The van der Waals surface area contributed by atoms with Crippen LogP contribution in [0.1, 0.15) is 21.5 Å². The smallest absolute Gasteiger partial charge is 0.337 e. The Morgan fingerprint density at radius 2 is 2.12 bits per heavy atom. The summed E-state index contributed by atoms with van der Waals surface area (Å²) >= 11 is 6.16. The molecule has 0 amide bonds. The summed E-state index contributed by atoms with van der Waals surface area (Å²) in [5.41, 5.74) is 2.94. The van der Waals surface area contributed by atoms with Gasteiger partial charge in [0.15, 0.2) is 0 Å². The highest BCUT2D eigenvalue weighted by atomic mass is 35.5. The van der Waals surface area contributed by atoms with E-state index in [2.05, 4.69) is 10.3 Å². The van der Waals surface area contributed by atoms with E-state index in [9.17, 15) is 9.90 Å². The number of fused-ring (bicyclic) bond motifs is 1. The third-order valence-electron chi connectivity index (χ3n) is 3.87. The minimum atomic E-state index is -1.03. The van der Waals surface area contributed by atoms with E-state index in [1.54, 1.807) is 25.4 Å². The Hall–Kier alpha value is -2.50. The number of carbonyl (C=O) groups is 1. The first-order chi connectivity index (χ1) is 11.6. The summed E-state index contributed by atoms with van der Waals surface area (Å²) < 4.78 is 5.21. The Morgan fingerprint density at radius 1 is 1.29 bits per heavy atom. The number of aromatic carboxylic acids is 1. The van der Waals surface area contributed by atoms with Crippen molar-refractivity contribution in [1.29, 1.82) is 0 Å². The summed E-state index contributed by atoms with van der Waals surface area (Å²) in [5, 5.41) is 13.5. The fourth-order valence-corrected chi connectivity index (χ4v) is 3.06. The molecule has 124 valence electrons. The second-order valence-electron chi connectivity index (χ2n) is 5.42. The lowest BCUT2D eigenvalue weighted by molar-refractivity contribution is 0.0699. The van der Waals surface area contributed by atoms with Crippen LogP contribution in [-0.2, 0) is 13.1 Å². The van der Waals surface area contributed by atoms with E-state index in [1.165, 1.54) is 0 Å². The Labute approximate surface area is 144 Å². The van der Waals surface area contributed by atoms with E-state index in [0.717, 1.165) is 22.4 Å². The van der Waals surface area contributed by atoms with Crippen LogP contribution in [0.15, 0.2) is 42.6 Å². The lowest BCUT2D eigenvalue weighted by Gasteiger charge is -2.10. The molecule has 0 aliphatic heterocycles. The molecule has 0 atom stereocenters. The van der Waals surface area contributed by atoms with Gasteiger partial charge in [0.25, 0.3) is 0 Å². The molecule has 1 heterocycles. The van der Waals surface area contributed by atoms with Gasteiger partial charge in [-0.25, -0.2) is 4.79 Å². The van der Waals surface area contributed by atoms with E-state index in [0.29, 0.717) is 18.5 Å². The Bertz CT molecular complexity index is 889. The van der Waals surface area contributed by atoms with Crippen molar-refractivity contribution in [2.24, 2.45) is 0 Å². The average molecular weight is 345 g/mol. The van der Waals surface area contributed by atoms with Crippen LogP contribution >= 0.6 is 11.6 Å². The number of carboxylic acids is 1. The van der Waals surface area contributed by atoms with Gasteiger partial charge in [0.05, 0.1) is 23.2 Å². The molecule has 0 radical (unpaired) electrons. The molecule has 24 heavy (non-hydrogen) atoms. The first-order valence-corrected chi connectivity index (χ1v) is 7.83. The number of carboxylic acid groups (broad SMARTS) is 1. The van der Waals surface area contributed by atoms with Crippen LogP contribution < -0.4 is 10.1 Å². The monoisotopic (exact) mass is 344 g/mol. The molecule has 0 saturated carbocycles. The Balaban J connectivity index is 1.79. The number of hydrogen-bond acceptors (Lipinski definition) is 3. The SMILES string of the molecule is COc1cccc(CNCc2cc(Cl)c(C(=O)O)c3cc[nH]c23)c1. The molecule has 0 spiro atoms. The molecule has 0 bridgehead atoms. The summed E-state index contributed by atoms with van der Waals surface area (Å²) in [4.78, 5) is 14.5. The van der Waals surface area contributed by atoms with Gasteiger partial charge in [-0.1, -0.05) is 23.7 Å². The predicted octanol–water partition coefficient (Wildman–Crippen LogP) is 3.82. The number of hydrogen-bond donors (Lipinski definition) is 3. The lowest BCUT2D eigenvalue weighted by Crippen LogP contribution is -2.13. The molecule has 3 N–H and O–H groups in total. The summed E-state index contributed by atoms with van der Waals surface area (Å²) in [6.07, 6.45) is 1.72. The molecule has 2 aromatic carbocycles. The molecule has 0 fully saturated rings. The van der Waals surface area contributed by atoms with Crippen LogP contribution in [0.3, 0.4) is 0 Å². The van der Waals surface area contributed by atoms with Crippen LogP contribution in [0.5, 0.6) is 5.75 Å². The number of H-pyrrole nitrogens is 1. The van der Waals surface area contributed by atoms with Crippen molar-refractivity contribution in [3.05, 3.63) is 64.3 Å². The quantitative estimate of drug-likeness (QED) is 0.635. The largest absolute Gasteiger partial charge is 0.497 e. The van der Waals surface area contributed by atoms with Crippen LogP contribution in [0.2, 0.25) is 5.02 Å². The third-order valence-corrected chi connectivity index (χ3v) is 4.17. The molecular weight excluding hydrogens is 328 g/mol. The highest BCUT2D eigenvalue weighted by Crippen LogP contribution is 2.29. The molecule has 0 aliphatic carbocycles. The molecule has 1 aromatic heterocycles. The first-order valence-electron chi connectivity index (χ1n) is 7.45. The van der Waals surface area contributed by atoms with Gasteiger partial charge in [-0.2, -0.15) is 0 Å². The highest BCUT2D eigenvalue weighted by molar-refractivity contribution is 6.35. The third kappa shape index (κ3) is 3.22. The second kappa shape index (κ2) is 6.95. The van der Waals surface area contributed by atoms with Gasteiger partial charge in [0, 0.05) is 24.7 Å². The summed E-state index contributed by atoms with van der Waals surface area (Å²) in [6, 6.07) is 11.3. The molecule has 3 aromatic rings. The zero-order valence-electron chi connectivity index (χ0n) is 13.1. The molecule has 0 saturated heterocycles. The average Bonchev–Trinajstić information content (AvgIpc) is 3.04. The molecule has 5 nitrogen and oxygen atoms in total. The fraction of sp³-hybridized carbons (Fsp3) is 0.167. The fourth-order valence-electron chi connectivity index (χ4n) is 2.75. The van der Waals surface area contributed by atoms with Gasteiger partial charge in [-0.15, -0.1) is 0 Å². The highest BCUT2D eigenvalue weighted by Gasteiger charge is 2.17. The van der Waals surface area contributed by atoms with E-state index in [4.69, 9.17) is 16.3 Å². The zero-order chi connectivity index (χ0) is 17.1. The van der Waals surface area contributed by atoms with Crippen molar-refractivity contribution in [2.75, 3.05) is 7.11 Å². The number of aromatic nitrogens is 1. The standard InChI is InChI=1S/C18H17ClN2O3/c1-24-13-4-2-3-11(7-13)9-20-10-12-8-15(19)16(18(22)23)14-5-6-21-17(12)14/h2-8,20-21H,9-10H2,1H3,(H,22,23). The lowest BCUT2D eigenvalue weighted by atomic mass is 10.1. The number of ether oxygens (including phenoxy) is 1. The maximum atomic E-state index is 11.4. The topological polar surface area (TPSA) is 74.3 Å². The molecule has 6 heteroatoms. The number of benzene rings is 2. The normalized spacial score (nSPS) is 10.9. The van der Waals surface area contributed by atoms with Gasteiger partial charge in [0.1, 0.15) is 5.75 Å². The molecule has 0 unspecified atom stereocenters. The number of aromatic amines is 1. The molecule has 0 aliphatic rings. The second-order valence-corrected chi connectivity index (χ2v) is 5.83. The minimum absolute atomic E-state index is 0.129. The summed E-state index contributed by atoms with van der Waals surface area (Å²) in [6.45, 7) is 1.23. The molecular formula is C18H17ClN2O3. The minimum Gasteiger partial charge on any atom is -0.497 e. The maximum Gasteiger partial charge on any atom is 0.337 e. The van der Waals surface area contributed by atoms with E-state index in [1.807, 2.05) is 24.3 Å². The van der Waals surface area contributed by atoms with E-state index < -0.39 is 5.97 Å². The van der Waals surface area contributed by atoms with Crippen molar-refractivity contribution >= 4 is 28.5 Å². The van der Waals surface area contributed by atoms with Crippen LogP contribution in [0.25, 0.3) is 10.9 Å². The zero-order valence-corrected chi connectivity index (χ0v) is 13.9. The van der Waals surface area contributed by atoms with Gasteiger partial charge in [-0.05, 0) is 35.4 Å². The summed E-state index contributed by atoms with van der Waals surface area (Å²) in [5.74, 6) is -0.213. The van der Waals surface area contributed by atoms with E-state index in [-0.39, 0.29) is 10.6 Å². The van der Waals surface area contributed by atoms with Crippen molar-refractivity contribution in [2.45, 2.75) is 13.1 Å². The van der Waals surface area contributed by atoms with Crippen LogP contribution in [0, 0.1) is 0 Å². The van der Waals surface area contributed by atoms with Gasteiger partial charge < -0.3 is 20.1 Å². The first kappa shape index (κ1) is 16.4. The van der Waals surface area contributed by atoms with Crippen molar-refractivity contribution in [3.63, 3.8) is 0 Å². The van der Waals surface area contributed by atoms with Crippen molar-refractivity contribution < 1.29 is 14.6 Å². The van der Waals surface area contributed by atoms with Gasteiger partial charge in [0.2, 0.25) is 0 Å². The van der Waals surface area contributed by atoms with Crippen molar-refractivity contribution in [1.82, 2.24) is 10.3 Å². The van der Waals surface area contributed by atoms with Crippen molar-refractivity contribution in [3.8, 4) is 5.75 Å². The maximum absolute atomic E-state index is 11.4. The Kier molecular flexibility index (Phi) is 4.74. The van der Waals surface area contributed by atoms with Crippen LogP contribution in [0.4, 0.5) is 0 Å². The number of methoxy groups -OCH3 is 1. The number of nitrogens with one attached hydrogen (secondary N) is 2. The van der Waals surface area contributed by atoms with Crippen LogP contribution in [-0.4, -0.2) is 23.2 Å². The number of halogens is 1. The van der Waals surface area contributed by atoms with E-state index >= 15 is 0 Å². The molecule has 3 rings (SSSR count). The number of rotatable bonds is 6. The van der Waals surface area contributed by atoms with Gasteiger partial charge in [-0.3, -0.25) is 0 Å². The van der Waals surface area contributed by atoms with Gasteiger partial charge >= 0.3 is 5.97 Å². The Morgan fingerprint density at radius 3 is 2.88 bits per heavy atom. The predicted molar refractivity (Wildman–Crippen MR) is 93.8 cm³/mol. The summed E-state index contributed by atoms with van der Waals surface area (Å²) in [7, 11) is 1.64.